The third kappa shape index (κ3) is 6.44. The van der Waals surface area contributed by atoms with E-state index in [2.05, 4.69) is 211 Å². The Bertz CT molecular complexity index is 3650. The zero-order valence-corrected chi connectivity index (χ0v) is 35.9. The van der Waals surface area contributed by atoms with E-state index in [0.29, 0.717) is 0 Å². The maximum atomic E-state index is 6.75. The third-order valence-corrected chi connectivity index (χ3v) is 13.9. The van der Waals surface area contributed by atoms with Gasteiger partial charge in [-0.15, -0.1) is 0 Å². The SMILES string of the molecule is C1=Cc2nc(C3=CC=C(C4=CC(c5cc6ccccc6c6ccccc56)NC(c5ccccc5)N4)CC3)c3cc4oc5ccccc5c4c(-c4ccc(-c5ccccc5)cc4)c3c2CC1. The van der Waals surface area contributed by atoms with E-state index in [9.17, 15) is 0 Å². The van der Waals surface area contributed by atoms with Crippen molar-refractivity contribution in [1.29, 1.82) is 0 Å². The lowest BCUT2D eigenvalue weighted by molar-refractivity contribution is 0.419. The van der Waals surface area contributed by atoms with Gasteiger partial charge >= 0.3 is 0 Å². The summed E-state index contributed by atoms with van der Waals surface area (Å²) < 4.78 is 6.75. The molecule has 2 atom stereocenters. The van der Waals surface area contributed by atoms with Crippen LogP contribution in [0.3, 0.4) is 0 Å². The zero-order valence-electron chi connectivity index (χ0n) is 35.9. The second-order valence-electron chi connectivity index (χ2n) is 17.7. The van der Waals surface area contributed by atoms with E-state index in [0.717, 1.165) is 59.0 Å². The van der Waals surface area contributed by atoms with Crippen LogP contribution in [-0.2, 0) is 6.42 Å². The Hall–Kier alpha value is -7.79. The number of fused-ring (bicyclic) bond motifs is 9. The molecule has 4 nitrogen and oxygen atoms in total. The monoisotopic (exact) mass is 835 g/mol. The van der Waals surface area contributed by atoms with Gasteiger partial charge in [-0.05, 0) is 127 Å². The first-order valence-corrected chi connectivity index (χ1v) is 23.0. The summed E-state index contributed by atoms with van der Waals surface area (Å²) in [7, 11) is 0. The average Bonchev–Trinajstić information content (AvgIpc) is 3.76. The lowest BCUT2D eigenvalue weighted by Crippen LogP contribution is -2.40. The topological polar surface area (TPSA) is 50.1 Å². The smallest absolute Gasteiger partial charge is 0.136 e. The molecule has 0 radical (unpaired) electrons. The van der Waals surface area contributed by atoms with Crippen LogP contribution >= 0.6 is 0 Å². The Labute approximate surface area is 378 Å². The third-order valence-electron chi connectivity index (χ3n) is 13.9. The maximum Gasteiger partial charge on any atom is 0.136 e. The molecule has 10 aromatic rings. The minimum absolute atomic E-state index is 0.0123. The fourth-order valence-electron chi connectivity index (χ4n) is 10.8. The van der Waals surface area contributed by atoms with Crippen molar-refractivity contribution in [2.45, 2.75) is 37.9 Å². The fraction of sp³-hybridized carbons (Fsp3) is 0.0984. The molecule has 4 heteroatoms. The first-order valence-electron chi connectivity index (χ1n) is 23.0. The lowest BCUT2D eigenvalue weighted by Gasteiger charge is -2.35. The highest BCUT2D eigenvalue weighted by atomic mass is 16.3. The van der Waals surface area contributed by atoms with Gasteiger partial charge in [-0.3, -0.25) is 5.32 Å². The van der Waals surface area contributed by atoms with E-state index in [1.807, 2.05) is 0 Å². The quantitative estimate of drug-likeness (QED) is 0.164. The van der Waals surface area contributed by atoms with Crippen molar-refractivity contribution >= 4 is 65.9 Å². The summed E-state index contributed by atoms with van der Waals surface area (Å²) in [5.74, 6) is 0. The first-order chi connectivity index (χ1) is 32.2. The second kappa shape index (κ2) is 15.5. The summed E-state index contributed by atoms with van der Waals surface area (Å²) in [6.45, 7) is 0. The molecule has 0 saturated carbocycles. The van der Waals surface area contributed by atoms with Gasteiger partial charge in [0.05, 0.1) is 17.4 Å². The molecule has 0 bridgehead atoms. The standard InChI is InChI=1S/C61H45N3O/c1-3-15-38(16-4-1)39-27-31-41(32-28-39)57-58-48-23-11-13-25-52(48)62-60(51(58)36-56-59(57)49-24-12-14-26-55(49)65-56)42-33-29-40(30-34-42)53-37-54(64-61(63-53)43-17-5-2-6-18-43)50-35-44-19-7-8-20-45(44)46-21-9-10-22-47(46)50/h1-10,12-22,24-29,31-33,35-37,54,61,63-64H,11,23,30,34H2. The molecule has 2 aromatic heterocycles. The predicted octanol–water partition coefficient (Wildman–Crippen LogP) is 15.4. The molecular formula is C61H45N3O. The number of furan rings is 1. The fourth-order valence-corrected chi connectivity index (χ4v) is 10.8. The van der Waals surface area contributed by atoms with Crippen LogP contribution in [0.5, 0.6) is 0 Å². The zero-order chi connectivity index (χ0) is 42.8. The number of allylic oxidation sites excluding steroid dienone is 5. The van der Waals surface area contributed by atoms with Gasteiger partial charge in [0.2, 0.25) is 0 Å². The van der Waals surface area contributed by atoms with E-state index in [4.69, 9.17) is 9.40 Å². The second-order valence-corrected chi connectivity index (χ2v) is 17.7. The Kier molecular flexibility index (Phi) is 8.99. The van der Waals surface area contributed by atoms with Crippen LogP contribution in [0.25, 0.3) is 88.2 Å². The average molecular weight is 836 g/mol. The number of rotatable bonds is 6. The number of pyridine rings is 1. The van der Waals surface area contributed by atoms with Crippen LogP contribution in [0.2, 0.25) is 0 Å². The molecule has 2 N–H and O–H groups in total. The van der Waals surface area contributed by atoms with Crippen LogP contribution in [0.15, 0.2) is 210 Å². The molecule has 1 aliphatic heterocycles. The molecule has 2 unspecified atom stereocenters. The number of nitrogens with zero attached hydrogens (tertiary/aromatic N) is 1. The minimum atomic E-state index is -0.0675. The minimum Gasteiger partial charge on any atom is -0.456 e. The highest BCUT2D eigenvalue weighted by molar-refractivity contribution is 6.22. The normalized spacial score (nSPS) is 17.3. The molecule has 0 saturated heterocycles. The van der Waals surface area contributed by atoms with Crippen molar-refractivity contribution < 1.29 is 4.42 Å². The highest BCUT2D eigenvalue weighted by Gasteiger charge is 2.29. The Morgan fingerprint density at radius 1 is 0.538 bits per heavy atom. The number of hydrogen-bond donors (Lipinski definition) is 2. The van der Waals surface area contributed by atoms with E-state index in [1.165, 1.54) is 88.1 Å². The molecule has 2 aliphatic carbocycles. The molecule has 0 spiro atoms. The van der Waals surface area contributed by atoms with Crippen molar-refractivity contribution in [3.8, 4) is 22.3 Å². The number of aromatic nitrogens is 1. The Balaban J connectivity index is 0.969. The van der Waals surface area contributed by atoms with Crippen molar-refractivity contribution in [2.24, 2.45) is 0 Å². The molecule has 0 amide bonds. The summed E-state index contributed by atoms with van der Waals surface area (Å²) in [5.41, 5.74) is 16.3. The molecule has 65 heavy (non-hydrogen) atoms. The molecule has 310 valence electrons. The van der Waals surface area contributed by atoms with Gasteiger partial charge < -0.3 is 9.73 Å². The highest BCUT2D eigenvalue weighted by Crippen LogP contribution is 2.47. The van der Waals surface area contributed by atoms with Crippen LogP contribution in [0, 0.1) is 0 Å². The molecule has 0 fully saturated rings. The van der Waals surface area contributed by atoms with E-state index < -0.39 is 0 Å². The van der Waals surface area contributed by atoms with E-state index in [-0.39, 0.29) is 12.2 Å². The van der Waals surface area contributed by atoms with Gasteiger partial charge in [0, 0.05) is 27.4 Å². The summed E-state index contributed by atoms with van der Waals surface area (Å²) in [5, 5.41) is 17.8. The van der Waals surface area contributed by atoms with Gasteiger partial charge in [-0.1, -0.05) is 170 Å². The Morgan fingerprint density at radius 3 is 2.03 bits per heavy atom. The summed E-state index contributed by atoms with van der Waals surface area (Å²) in [4.78, 5) is 5.54. The molecule has 3 aliphatic rings. The molecule has 3 heterocycles. The van der Waals surface area contributed by atoms with Gasteiger partial charge in [-0.2, -0.15) is 0 Å². The number of para-hydroxylation sites is 1. The van der Waals surface area contributed by atoms with Crippen molar-refractivity contribution in [1.82, 2.24) is 15.6 Å². The van der Waals surface area contributed by atoms with Crippen molar-refractivity contribution in [2.75, 3.05) is 0 Å². The first kappa shape index (κ1) is 37.7. The van der Waals surface area contributed by atoms with E-state index >= 15 is 0 Å². The van der Waals surface area contributed by atoms with Gasteiger partial charge in [-0.25, -0.2) is 4.98 Å². The summed E-state index contributed by atoms with van der Waals surface area (Å²) >= 11 is 0. The molecular weight excluding hydrogens is 791 g/mol. The molecule has 13 rings (SSSR count). The predicted molar refractivity (Wildman–Crippen MR) is 270 cm³/mol. The van der Waals surface area contributed by atoms with Crippen LogP contribution in [-0.4, -0.2) is 4.98 Å². The largest absolute Gasteiger partial charge is 0.456 e. The van der Waals surface area contributed by atoms with Crippen LogP contribution in [0.1, 0.15) is 59.5 Å². The number of hydrogen-bond acceptors (Lipinski definition) is 4. The summed E-state index contributed by atoms with van der Waals surface area (Å²) in [6.07, 6.45) is 15.2. The Morgan fingerprint density at radius 2 is 1.22 bits per heavy atom. The number of aryl methyl sites for hydroxylation is 1. The van der Waals surface area contributed by atoms with Crippen LogP contribution < -0.4 is 10.6 Å². The lowest BCUT2D eigenvalue weighted by atomic mass is 9.84. The van der Waals surface area contributed by atoms with Crippen molar-refractivity contribution in [3.63, 3.8) is 0 Å². The van der Waals surface area contributed by atoms with Gasteiger partial charge in [0.1, 0.15) is 17.3 Å². The van der Waals surface area contributed by atoms with Crippen molar-refractivity contribution in [3.05, 3.63) is 234 Å². The van der Waals surface area contributed by atoms with E-state index in [1.54, 1.807) is 0 Å². The summed E-state index contributed by atoms with van der Waals surface area (Å²) in [6, 6.07) is 61.3. The van der Waals surface area contributed by atoms with Gasteiger partial charge in [0.15, 0.2) is 0 Å². The number of benzene rings is 8. The molecule has 8 aromatic carbocycles. The number of nitrogens with one attached hydrogen (secondary N) is 2. The van der Waals surface area contributed by atoms with Gasteiger partial charge in [0.25, 0.3) is 0 Å². The van der Waals surface area contributed by atoms with Crippen LogP contribution in [0.4, 0.5) is 0 Å². The maximum absolute atomic E-state index is 6.75.